The summed E-state index contributed by atoms with van der Waals surface area (Å²) in [5.41, 5.74) is -2.61. The van der Waals surface area contributed by atoms with Crippen LogP contribution in [0.2, 0.25) is 0 Å². The van der Waals surface area contributed by atoms with Gasteiger partial charge in [-0.1, -0.05) is 116 Å². The number of aliphatic imine (C=N–C) groups is 1. The van der Waals surface area contributed by atoms with E-state index in [9.17, 15) is 43.8 Å². The van der Waals surface area contributed by atoms with Gasteiger partial charge in [-0.3, -0.25) is 63.5 Å². The topological polar surface area (TPSA) is 409 Å². The second kappa shape index (κ2) is 45.5. The van der Waals surface area contributed by atoms with Crippen LogP contribution < -0.4 is 15.4 Å². The summed E-state index contributed by atoms with van der Waals surface area (Å²) in [6.07, 6.45) is -0.630. The van der Waals surface area contributed by atoms with Crippen molar-refractivity contribution >= 4 is 59.2 Å². The van der Waals surface area contributed by atoms with Crippen molar-refractivity contribution in [3.05, 3.63) is 269 Å². The predicted octanol–water partition coefficient (Wildman–Crippen LogP) is 11.8. The minimum absolute atomic E-state index is 0.00899. The van der Waals surface area contributed by atoms with Gasteiger partial charge in [0.05, 0.1) is 117 Å². The van der Waals surface area contributed by atoms with E-state index in [1.54, 1.807) is 54.6 Å². The highest BCUT2D eigenvalue weighted by Gasteiger charge is 2.78. The molecule has 1 saturated heterocycles. The Kier molecular flexibility index (Phi) is 32.8. The van der Waals surface area contributed by atoms with Gasteiger partial charge in [-0.15, -0.1) is 0 Å². The highest BCUT2D eigenvalue weighted by Crippen LogP contribution is 2.65. The molecule has 15 unspecified atom stereocenters. The number of nitrogens with one attached hydrogen (secondary N) is 2. The van der Waals surface area contributed by atoms with Crippen molar-refractivity contribution in [3.8, 4) is 5.75 Å². The van der Waals surface area contributed by atoms with Crippen LogP contribution in [0.5, 0.6) is 5.75 Å². The molecule has 2 bridgehead atoms. The summed E-state index contributed by atoms with van der Waals surface area (Å²) in [7, 11) is 0. The number of amides is 3. The lowest BCUT2D eigenvalue weighted by Crippen LogP contribution is -2.82. The Morgan fingerprint density at radius 3 is 1.74 bits per heavy atom. The molecular formula is C104H120N12O21. The van der Waals surface area contributed by atoms with Gasteiger partial charge in [-0.2, -0.15) is 5.11 Å². The molecule has 2 aliphatic heterocycles. The number of benzene rings is 4. The lowest BCUT2D eigenvalue weighted by Gasteiger charge is -2.67. The number of pyridine rings is 4. The van der Waals surface area contributed by atoms with Crippen LogP contribution in [0, 0.1) is 34.5 Å². The van der Waals surface area contributed by atoms with Gasteiger partial charge in [0.2, 0.25) is 12.0 Å². The second-order valence-electron chi connectivity index (χ2n) is 36.9. The Labute approximate surface area is 796 Å². The Hall–Kier alpha value is -12.8. The molecule has 8 aromatic rings. The molecule has 137 heavy (non-hydrogen) atoms. The van der Waals surface area contributed by atoms with E-state index >= 15 is 9.59 Å². The molecular weight excluding hydrogens is 1750 g/mol. The van der Waals surface area contributed by atoms with Crippen molar-refractivity contribution in [3.63, 3.8) is 0 Å². The van der Waals surface area contributed by atoms with Gasteiger partial charge in [0, 0.05) is 127 Å². The first kappa shape index (κ1) is 98.7. The largest absolute Gasteiger partial charge is 0.494 e. The number of nitrogens with zero attached hydrogens (tertiary/aromatic N) is 10. The smallest absolute Gasteiger partial charge is 0.407 e. The van der Waals surface area contributed by atoms with E-state index < -0.39 is 143 Å². The third-order valence-corrected chi connectivity index (χ3v) is 27.5. The van der Waals surface area contributed by atoms with Crippen molar-refractivity contribution in [2.45, 2.75) is 205 Å². The fourth-order valence-electron chi connectivity index (χ4n) is 20.5. The molecule has 0 spiro atoms. The lowest BCUT2D eigenvalue weighted by molar-refractivity contribution is -0.346. The number of esters is 5. The lowest BCUT2D eigenvalue weighted by atomic mass is 9.44. The molecule has 722 valence electrons. The van der Waals surface area contributed by atoms with Crippen molar-refractivity contribution in [2.24, 2.45) is 49.8 Å². The second-order valence-corrected chi connectivity index (χ2v) is 36.9. The quantitative estimate of drug-likeness (QED) is 0.00907. The standard InChI is InChI=1S/C104H120N12O21/c1-67-85(58-104(127)96(136-98(124)74-30-14-9-15-31-74)94-102(6,86(119)57-87-103(94,66-132-87)137-69(3)118)95(122)92(133-68(2)117)90(67)101(104,4)5)134-99(125)93(91(72-26-10-7-11-27-72)111-97(123)73-28-12-8-13-29-73)135-89(121)41-40-88(120)109-47-50-128-52-53-129-51-48-116-84-39-37-81-80(36-38-83(84)112-113-116)82(81)65-131-100(126)110-46-24-25-49-130-79-55-70(59-114(61-75-32-16-20-42-105-75)62-76-33-17-21-43-106-76)54-71(56-79)60-115(63-77-34-18-22-44-107-77)64-78-35-19-23-45-108-78/h7-23,26-35,42-45,54-56,80-87,92-94,96,119,127H,24-25,36-41,46-53,57-66H2,1-6H3,(H,109,120)(H,110,126). The molecule has 7 aliphatic rings. The van der Waals surface area contributed by atoms with E-state index in [1.165, 1.54) is 64.1 Å². The summed E-state index contributed by atoms with van der Waals surface area (Å²) in [6.45, 7) is 14.1. The van der Waals surface area contributed by atoms with Crippen LogP contribution in [0.15, 0.2) is 233 Å². The number of hydrogen-bond donors (Lipinski definition) is 4. The maximum atomic E-state index is 16.0. The Morgan fingerprint density at radius 2 is 1.18 bits per heavy atom. The van der Waals surface area contributed by atoms with E-state index in [-0.39, 0.29) is 85.2 Å². The number of carbonyl (C=O) groups excluding carboxylic acids is 9. The third kappa shape index (κ3) is 24.1. The molecule has 15 rings (SSSR count). The molecule has 4 saturated carbocycles. The van der Waals surface area contributed by atoms with E-state index in [2.05, 4.69) is 73.9 Å². The summed E-state index contributed by atoms with van der Waals surface area (Å²) in [6, 6.07) is 54.0. The van der Waals surface area contributed by atoms with Gasteiger partial charge in [-0.25, -0.2) is 19.4 Å². The van der Waals surface area contributed by atoms with Crippen molar-refractivity contribution < 1.29 is 101 Å². The van der Waals surface area contributed by atoms with Crippen molar-refractivity contribution in [2.75, 3.05) is 65.9 Å². The number of aliphatic hydroxyl groups is 2. The number of ether oxygens (including phenoxy) is 10. The van der Waals surface area contributed by atoms with Crippen LogP contribution >= 0.6 is 0 Å². The summed E-state index contributed by atoms with van der Waals surface area (Å²) in [5.74, 6) is -7.35. The fraction of sp³-hybridized carbons (Fsp3) is 0.462. The minimum Gasteiger partial charge on any atom is -0.494 e. The van der Waals surface area contributed by atoms with Crippen LogP contribution in [0.25, 0.3) is 0 Å². The number of fused-ring (bicyclic) bond motifs is 7. The number of unbranched alkanes of at least 4 members (excludes halogenated alkanes) is 1. The fourth-order valence-corrected chi connectivity index (χ4v) is 20.5. The summed E-state index contributed by atoms with van der Waals surface area (Å²) in [4.78, 5) is 156. The number of aliphatic hydroxyl groups excluding tert-OH is 1. The summed E-state index contributed by atoms with van der Waals surface area (Å²) in [5, 5.41) is 43.5. The van der Waals surface area contributed by atoms with Gasteiger partial charge in [-0.05, 0) is 177 Å². The molecule has 4 N–H and O–H groups in total. The Morgan fingerprint density at radius 1 is 0.613 bits per heavy atom. The number of alkyl carbamates (subject to hydrolysis) is 1. The highest BCUT2D eigenvalue weighted by molar-refractivity contribution is 6.20. The first-order valence-electron chi connectivity index (χ1n) is 47.1. The van der Waals surface area contributed by atoms with Gasteiger partial charge in [0.15, 0.2) is 17.5 Å². The van der Waals surface area contributed by atoms with E-state index in [0.717, 1.165) is 79.2 Å². The predicted molar refractivity (Wildman–Crippen MR) is 498 cm³/mol. The molecule has 33 nitrogen and oxygen atoms in total. The number of aromatic nitrogens is 4. The maximum Gasteiger partial charge on any atom is 0.407 e. The van der Waals surface area contributed by atoms with Crippen LogP contribution in [0.4, 0.5) is 4.79 Å². The number of Topliss-reactive ketones (excluding diaryl/α,β-unsaturated/α-hetero) is 1. The molecule has 4 aromatic carbocycles. The average molecular weight is 1870 g/mol. The molecule has 33 heteroatoms. The van der Waals surface area contributed by atoms with Crippen molar-refractivity contribution in [1.29, 1.82) is 0 Å². The van der Waals surface area contributed by atoms with Crippen LogP contribution in [0.1, 0.15) is 166 Å². The van der Waals surface area contributed by atoms with Crippen LogP contribution in [-0.2, 0) is 111 Å². The van der Waals surface area contributed by atoms with Gasteiger partial charge < -0.3 is 68.2 Å². The summed E-state index contributed by atoms with van der Waals surface area (Å²) < 4.78 is 61.4. The van der Waals surface area contributed by atoms with E-state index in [4.69, 9.17) is 47.4 Å². The Balaban J connectivity index is 0.509. The zero-order valence-electron chi connectivity index (χ0n) is 78.1. The number of carbonyl (C=O) groups is 9. The molecule has 5 fully saturated rings. The maximum absolute atomic E-state index is 16.0. The Bertz CT molecular complexity index is 5410. The van der Waals surface area contributed by atoms with E-state index in [0.29, 0.717) is 96.9 Å². The number of hydrogen-bond acceptors (Lipinski definition) is 30. The zero-order chi connectivity index (χ0) is 96.2. The van der Waals surface area contributed by atoms with E-state index in [1.807, 2.05) is 103 Å². The van der Waals surface area contributed by atoms with Gasteiger partial charge in [0.25, 0.3) is 5.91 Å². The normalized spacial score (nSPS) is 24.7. The molecule has 3 amide bonds. The number of ketones is 1. The zero-order valence-corrected chi connectivity index (χ0v) is 78.1. The third-order valence-electron chi connectivity index (χ3n) is 27.5. The molecule has 15 atom stereocenters. The highest BCUT2D eigenvalue weighted by atomic mass is 16.6. The first-order valence-corrected chi connectivity index (χ1v) is 47.1. The van der Waals surface area contributed by atoms with Gasteiger partial charge in [0.1, 0.15) is 35.4 Å². The molecule has 6 heterocycles. The van der Waals surface area contributed by atoms with Crippen LogP contribution in [0.3, 0.4) is 0 Å². The van der Waals surface area contributed by atoms with Crippen molar-refractivity contribution in [1.82, 2.24) is 45.4 Å². The summed E-state index contributed by atoms with van der Waals surface area (Å²) >= 11 is 0. The minimum atomic E-state index is -2.55. The molecule has 0 radical (unpaired) electrons. The number of rotatable bonds is 42. The SMILES string of the molecule is CC(=O)OC1C(=O)C2(C)C(O)CC3OCC3(OC(C)=O)C2C(OC(=O)c2ccccc2)C2(O)CC(OC(=O)C(OC(=O)CCC(=O)NCCOCCOCCN3N=NC4CCC5C(CCC43)C5COC(=O)NCCCCOc3cc(CN(Cc4ccccn4)Cc4ccccn4)cc(CN(Cc4ccccn4)Cc4ccccn4)c3)C(=NC(=O)c3ccccc3)c3ccccc3)C(C)=C1C2(C)C. The monoisotopic (exact) mass is 1870 g/mol. The van der Waals surface area contributed by atoms with Gasteiger partial charge >= 0.3 is 35.9 Å². The first-order chi connectivity index (χ1) is 66.2. The molecule has 4 aromatic heterocycles. The molecule has 5 aliphatic carbocycles. The average Bonchev–Trinajstić information content (AvgIpc) is 0.901. The van der Waals surface area contributed by atoms with Crippen LogP contribution in [-0.4, -0.2) is 230 Å².